The molecule has 0 aromatic carbocycles. The lowest BCUT2D eigenvalue weighted by atomic mass is 10.0. The second kappa shape index (κ2) is 45.4. The molecule has 0 radical (unpaired) electrons. The topological polar surface area (TPSA) is 95.9 Å². The zero-order chi connectivity index (χ0) is 42.4. The van der Waals surface area contributed by atoms with Gasteiger partial charge in [-0.05, 0) is 83.5 Å². The number of esters is 1. The van der Waals surface area contributed by atoms with Crippen LogP contribution in [-0.4, -0.2) is 46.9 Å². The van der Waals surface area contributed by atoms with Gasteiger partial charge in [0.05, 0.1) is 25.2 Å². The van der Waals surface area contributed by atoms with Crippen molar-refractivity contribution >= 4 is 11.9 Å². The van der Waals surface area contributed by atoms with Crippen molar-refractivity contribution in [3.63, 3.8) is 0 Å². The second-order valence-corrected chi connectivity index (χ2v) is 16.2. The number of aliphatic hydroxyl groups is 2. The van der Waals surface area contributed by atoms with Crippen LogP contribution < -0.4 is 5.32 Å². The predicted octanol–water partition coefficient (Wildman–Crippen LogP) is 14.2. The molecule has 0 fully saturated rings. The molecule has 0 aromatic heterocycles. The summed E-state index contributed by atoms with van der Waals surface area (Å²) in [6, 6.07) is -0.716. The maximum Gasteiger partial charge on any atom is 0.306 e. The monoisotopic (exact) mass is 810 g/mol. The molecule has 334 valence electrons. The van der Waals surface area contributed by atoms with E-state index < -0.39 is 18.2 Å². The summed E-state index contributed by atoms with van der Waals surface area (Å²) in [4.78, 5) is 26.0. The van der Waals surface area contributed by atoms with Crippen LogP contribution in [0.25, 0.3) is 0 Å². The fourth-order valence-corrected chi connectivity index (χ4v) is 6.91. The molecule has 0 aromatic rings. The van der Waals surface area contributed by atoms with E-state index in [1.165, 1.54) is 83.5 Å². The molecule has 6 nitrogen and oxygen atoms in total. The van der Waals surface area contributed by atoms with Crippen LogP contribution >= 0.6 is 0 Å². The smallest absolute Gasteiger partial charge is 0.306 e. The minimum absolute atomic E-state index is 0.0459. The molecule has 58 heavy (non-hydrogen) atoms. The lowest BCUT2D eigenvalue weighted by Crippen LogP contribution is -2.46. The summed E-state index contributed by atoms with van der Waals surface area (Å²) in [6.45, 7) is 6.27. The summed E-state index contributed by atoms with van der Waals surface area (Å²) in [5.41, 5.74) is 0. The molecule has 0 saturated carbocycles. The molecule has 6 heteroatoms. The number of carbonyl (C=O) groups excluding carboxylic acids is 2. The lowest BCUT2D eigenvalue weighted by molar-refractivity contribution is -0.151. The normalized spacial score (nSPS) is 13.9. The highest BCUT2D eigenvalue weighted by Gasteiger charge is 2.24. The number of carbonyl (C=O) groups is 2. The van der Waals surface area contributed by atoms with Crippen LogP contribution in [0.5, 0.6) is 0 Å². The van der Waals surface area contributed by atoms with Crippen molar-refractivity contribution in [2.45, 2.75) is 238 Å². The SMILES string of the molecule is CC/C=C/C=C/C=C\CCCCCC(CC(=O)NC(CO)C(O)CCCCCCCCCCC)OC(=O)CCCCCCCC/C=C\C/C=C\C/C=C\CCCCC. The summed E-state index contributed by atoms with van der Waals surface area (Å²) in [5.74, 6) is -0.530. The van der Waals surface area contributed by atoms with Gasteiger partial charge in [0.15, 0.2) is 0 Å². The van der Waals surface area contributed by atoms with E-state index in [2.05, 4.69) is 86.8 Å². The summed E-state index contributed by atoms with van der Waals surface area (Å²) in [5, 5.41) is 23.6. The van der Waals surface area contributed by atoms with Gasteiger partial charge in [-0.3, -0.25) is 9.59 Å². The Labute approximate surface area is 358 Å². The average Bonchev–Trinajstić information content (AvgIpc) is 3.22. The van der Waals surface area contributed by atoms with Crippen LogP contribution in [0.1, 0.15) is 220 Å². The molecule has 0 aliphatic rings. The first-order valence-electron chi connectivity index (χ1n) is 24.2. The largest absolute Gasteiger partial charge is 0.462 e. The first-order chi connectivity index (χ1) is 28.5. The maximum atomic E-state index is 13.1. The van der Waals surface area contributed by atoms with Gasteiger partial charge in [0.25, 0.3) is 0 Å². The maximum absolute atomic E-state index is 13.1. The molecule has 0 saturated heterocycles. The Kier molecular flexibility index (Phi) is 43.3. The molecule has 3 N–H and O–H groups in total. The number of hydrogen-bond donors (Lipinski definition) is 3. The van der Waals surface area contributed by atoms with Crippen molar-refractivity contribution in [2.75, 3.05) is 6.61 Å². The fourth-order valence-electron chi connectivity index (χ4n) is 6.91. The van der Waals surface area contributed by atoms with E-state index in [0.717, 1.165) is 89.9 Å². The van der Waals surface area contributed by atoms with Gasteiger partial charge in [-0.25, -0.2) is 0 Å². The third kappa shape index (κ3) is 40.1. The number of nitrogens with one attached hydrogen (secondary N) is 1. The molecule has 3 atom stereocenters. The Morgan fingerprint density at radius 2 is 1.00 bits per heavy atom. The Morgan fingerprint density at radius 3 is 1.60 bits per heavy atom. The van der Waals surface area contributed by atoms with Crippen molar-refractivity contribution in [3.8, 4) is 0 Å². The zero-order valence-electron chi connectivity index (χ0n) is 37.9. The van der Waals surface area contributed by atoms with Gasteiger partial charge in [-0.2, -0.15) is 0 Å². The fraction of sp³-hybridized carbons (Fsp3) is 0.731. The van der Waals surface area contributed by atoms with Crippen LogP contribution in [0.4, 0.5) is 0 Å². The minimum atomic E-state index is -0.800. The molecule has 0 spiro atoms. The third-order valence-electron chi connectivity index (χ3n) is 10.6. The van der Waals surface area contributed by atoms with Gasteiger partial charge in [0.1, 0.15) is 6.10 Å². The summed E-state index contributed by atoms with van der Waals surface area (Å²) in [6.07, 6.45) is 56.8. The molecule has 0 bridgehead atoms. The number of rotatable bonds is 42. The number of hydrogen-bond acceptors (Lipinski definition) is 5. The van der Waals surface area contributed by atoms with Crippen LogP contribution in [0.15, 0.2) is 72.9 Å². The highest BCUT2D eigenvalue weighted by atomic mass is 16.5. The molecule has 0 aliphatic carbocycles. The van der Waals surface area contributed by atoms with Crippen LogP contribution in [0, 0.1) is 0 Å². The molecule has 3 unspecified atom stereocenters. The van der Waals surface area contributed by atoms with Crippen molar-refractivity contribution < 1.29 is 24.5 Å². The second-order valence-electron chi connectivity index (χ2n) is 16.2. The first-order valence-corrected chi connectivity index (χ1v) is 24.2. The minimum Gasteiger partial charge on any atom is -0.462 e. The summed E-state index contributed by atoms with van der Waals surface area (Å²) >= 11 is 0. The Hall–Kier alpha value is -2.70. The van der Waals surface area contributed by atoms with E-state index in [9.17, 15) is 19.8 Å². The molecular weight excluding hydrogens is 719 g/mol. The van der Waals surface area contributed by atoms with E-state index in [4.69, 9.17) is 4.74 Å². The van der Waals surface area contributed by atoms with E-state index in [-0.39, 0.29) is 24.9 Å². The standard InChI is InChI=1S/C52H91NO5/c1-4-7-10-13-16-19-21-22-23-24-25-26-27-28-30-33-36-39-42-45-52(57)58-48(43-40-37-34-32-29-20-17-14-11-8-5-2)46-51(56)53-49(47-54)50(55)44-41-38-35-31-18-15-12-9-6-3/h8,11,14,16-17,19-20,22-23,25-26,29,48-50,54-55H,4-7,9-10,12-13,15,18,21,24,27-28,30-47H2,1-3H3,(H,53,56)/b11-8+,17-14+,19-16-,23-22-,26-25-,29-20-. The highest BCUT2D eigenvalue weighted by Crippen LogP contribution is 2.17. The summed E-state index contributed by atoms with van der Waals surface area (Å²) in [7, 11) is 0. The van der Waals surface area contributed by atoms with Crippen molar-refractivity contribution in [1.82, 2.24) is 5.32 Å². The number of amides is 1. The molecule has 0 aliphatic heterocycles. The van der Waals surface area contributed by atoms with Gasteiger partial charge < -0.3 is 20.3 Å². The molecule has 0 rings (SSSR count). The first kappa shape index (κ1) is 55.3. The number of unbranched alkanes of at least 4 members (excludes halogenated alkanes) is 20. The highest BCUT2D eigenvalue weighted by molar-refractivity contribution is 5.77. The van der Waals surface area contributed by atoms with Crippen LogP contribution in [0.3, 0.4) is 0 Å². The van der Waals surface area contributed by atoms with Gasteiger partial charge in [-0.15, -0.1) is 0 Å². The molecule has 1 amide bonds. The van der Waals surface area contributed by atoms with Gasteiger partial charge in [0, 0.05) is 6.42 Å². The summed E-state index contributed by atoms with van der Waals surface area (Å²) < 4.78 is 5.89. The number of allylic oxidation sites excluding steroid dienone is 12. The number of ether oxygens (including phenoxy) is 1. The molecule has 0 heterocycles. The third-order valence-corrected chi connectivity index (χ3v) is 10.6. The Bertz CT molecular complexity index is 1090. The van der Waals surface area contributed by atoms with E-state index in [1.807, 2.05) is 12.2 Å². The van der Waals surface area contributed by atoms with Crippen LogP contribution in [0.2, 0.25) is 0 Å². The Morgan fingerprint density at radius 1 is 0.534 bits per heavy atom. The van der Waals surface area contributed by atoms with Crippen molar-refractivity contribution in [1.29, 1.82) is 0 Å². The Balaban J connectivity index is 4.58. The van der Waals surface area contributed by atoms with Crippen molar-refractivity contribution in [2.24, 2.45) is 0 Å². The van der Waals surface area contributed by atoms with E-state index in [1.54, 1.807) is 0 Å². The predicted molar refractivity (Wildman–Crippen MR) is 250 cm³/mol. The lowest BCUT2D eigenvalue weighted by Gasteiger charge is -2.24. The zero-order valence-corrected chi connectivity index (χ0v) is 37.9. The molecular formula is C52H91NO5. The van der Waals surface area contributed by atoms with Crippen molar-refractivity contribution in [3.05, 3.63) is 72.9 Å². The van der Waals surface area contributed by atoms with E-state index >= 15 is 0 Å². The van der Waals surface area contributed by atoms with Crippen LogP contribution in [-0.2, 0) is 14.3 Å². The average molecular weight is 810 g/mol. The quantitative estimate of drug-likeness (QED) is 0.0247. The van der Waals surface area contributed by atoms with E-state index in [0.29, 0.717) is 19.3 Å². The van der Waals surface area contributed by atoms with Gasteiger partial charge in [0.2, 0.25) is 5.91 Å². The van der Waals surface area contributed by atoms with Gasteiger partial charge in [-0.1, -0.05) is 196 Å². The number of aliphatic hydroxyl groups excluding tert-OH is 2. The van der Waals surface area contributed by atoms with Gasteiger partial charge >= 0.3 is 5.97 Å².